The number of carbonyl (C=O) groups excluding carboxylic acids is 2. The first-order chi connectivity index (χ1) is 15.7. The van der Waals surface area contributed by atoms with E-state index in [9.17, 15) is 9.59 Å². The zero-order valence-corrected chi connectivity index (χ0v) is 17.9. The van der Waals surface area contributed by atoms with Crippen LogP contribution in [0.1, 0.15) is 38.5 Å². The molecule has 2 saturated carbocycles. The Morgan fingerprint density at radius 1 is 0.625 bits per heavy atom. The third kappa shape index (κ3) is 4.22. The van der Waals surface area contributed by atoms with Crippen molar-refractivity contribution in [3.63, 3.8) is 0 Å². The molecule has 5 rings (SSSR count). The lowest BCUT2D eigenvalue weighted by molar-refractivity contribution is -0.156. The van der Waals surface area contributed by atoms with E-state index in [2.05, 4.69) is 0 Å². The molecule has 2 aliphatic rings. The molecule has 166 valence electrons. The first-order valence-electron chi connectivity index (χ1n) is 11.3. The predicted molar refractivity (Wildman–Crippen MR) is 120 cm³/mol. The Bertz CT molecular complexity index is 999. The lowest BCUT2D eigenvalue weighted by Gasteiger charge is -2.25. The van der Waals surface area contributed by atoms with E-state index in [0.717, 1.165) is 60.1 Å². The molecule has 0 heterocycles. The lowest BCUT2D eigenvalue weighted by Crippen LogP contribution is -2.28. The van der Waals surface area contributed by atoms with Crippen molar-refractivity contribution in [3.05, 3.63) is 48.5 Å². The minimum atomic E-state index is -0.359. The van der Waals surface area contributed by atoms with Crippen molar-refractivity contribution < 1.29 is 28.5 Å². The van der Waals surface area contributed by atoms with Crippen molar-refractivity contribution in [2.24, 2.45) is 0 Å². The summed E-state index contributed by atoms with van der Waals surface area (Å²) in [5.41, 5.74) is 0. The minimum absolute atomic E-state index is 0.0232. The van der Waals surface area contributed by atoms with Gasteiger partial charge in [0.1, 0.15) is 23.7 Å². The third-order valence-corrected chi connectivity index (χ3v) is 6.20. The van der Waals surface area contributed by atoms with Gasteiger partial charge in [-0.3, -0.25) is 0 Å². The number of fused-ring (bicyclic) bond motifs is 2. The molecule has 32 heavy (non-hydrogen) atoms. The van der Waals surface area contributed by atoms with E-state index < -0.39 is 0 Å². The van der Waals surface area contributed by atoms with Gasteiger partial charge in [0, 0.05) is 21.5 Å². The molecule has 2 aliphatic carbocycles. The fourth-order valence-corrected chi connectivity index (χ4v) is 4.04. The second-order valence-electron chi connectivity index (χ2n) is 8.41. The average Bonchev–Trinajstić information content (AvgIpc) is 2.75. The molecule has 3 aromatic rings. The van der Waals surface area contributed by atoms with Crippen molar-refractivity contribution >= 4 is 33.5 Å². The number of hydrogen-bond donors (Lipinski definition) is 0. The van der Waals surface area contributed by atoms with Gasteiger partial charge in [-0.2, -0.15) is 0 Å². The van der Waals surface area contributed by atoms with Gasteiger partial charge in [0.05, 0.1) is 0 Å². The predicted octanol–water partition coefficient (Wildman–Crippen LogP) is 4.94. The minimum Gasteiger partial charge on any atom is -0.481 e. The summed E-state index contributed by atoms with van der Waals surface area (Å²) >= 11 is 0. The SMILES string of the molecule is O=C(COc1c2ccccc2c(OCC(=O)OC2CCC2)c2ccccc12)OC1CCC1. The molecule has 0 saturated heterocycles. The standard InChI is InChI=1S/C26H26O6/c27-23(31-17-7-5-8-17)15-29-25-19-11-1-2-12-20(19)26(22-14-4-3-13-21(22)25)30-16-24(28)32-18-9-6-10-18/h1-4,11-14,17-18H,5-10,15-16H2. The third-order valence-electron chi connectivity index (χ3n) is 6.20. The van der Waals surface area contributed by atoms with Crippen LogP contribution in [0.3, 0.4) is 0 Å². The Morgan fingerprint density at radius 2 is 0.969 bits per heavy atom. The summed E-state index contributed by atoms with van der Waals surface area (Å²) in [6, 6.07) is 15.3. The molecule has 6 nitrogen and oxygen atoms in total. The number of esters is 2. The van der Waals surface area contributed by atoms with Crippen LogP contribution in [-0.4, -0.2) is 37.4 Å². The van der Waals surface area contributed by atoms with E-state index in [-0.39, 0.29) is 37.4 Å². The Labute approximate surface area is 186 Å². The molecule has 0 bridgehead atoms. The van der Waals surface area contributed by atoms with E-state index in [1.165, 1.54) is 0 Å². The van der Waals surface area contributed by atoms with Crippen LogP contribution in [0.25, 0.3) is 21.5 Å². The summed E-state index contributed by atoms with van der Waals surface area (Å²) < 4.78 is 22.8. The molecule has 6 heteroatoms. The molecule has 0 aliphatic heterocycles. The molecule has 2 fully saturated rings. The normalized spacial score (nSPS) is 16.2. The molecule has 0 amide bonds. The maximum absolute atomic E-state index is 12.2. The van der Waals surface area contributed by atoms with Crippen LogP contribution in [0.4, 0.5) is 0 Å². The van der Waals surface area contributed by atoms with Crippen LogP contribution in [0, 0.1) is 0 Å². The molecule has 0 unspecified atom stereocenters. The number of rotatable bonds is 8. The van der Waals surface area contributed by atoms with Gasteiger partial charge in [-0.1, -0.05) is 48.5 Å². The van der Waals surface area contributed by atoms with Gasteiger partial charge in [-0.15, -0.1) is 0 Å². The largest absolute Gasteiger partial charge is 0.481 e. The van der Waals surface area contributed by atoms with Crippen molar-refractivity contribution in [2.45, 2.75) is 50.7 Å². The quantitative estimate of drug-likeness (QED) is 0.369. The molecule has 0 radical (unpaired) electrons. The van der Waals surface area contributed by atoms with Gasteiger partial charge in [0.25, 0.3) is 0 Å². The van der Waals surface area contributed by atoms with E-state index in [1.54, 1.807) is 0 Å². The molecular formula is C26H26O6. The van der Waals surface area contributed by atoms with Crippen molar-refractivity contribution in [2.75, 3.05) is 13.2 Å². The lowest BCUT2D eigenvalue weighted by atomic mass is 9.96. The van der Waals surface area contributed by atoms with Crippen LogP contribution < -0.4 is 9.47 Å². The summed E-state index contributed by atoms with van der Waals surface area (Å²) in [5, 5.41) is 3.24. The van der Waals surface area contributed by atoms with E-state index in [1.807, 2.05) is 48.5 Å². The van der Waals surface area contributed by atoms with Crippen LogP contribution in [0.15, 0.2) is 48.5 Å². The molecule has 0 N–H and O–H groups in total. The number of hydrogen-bond acceptors (Lipinski definition) is 6. The Kier molecular flexibility index (Phi) is 5.84. The van der Waals surface area contributed by atoms with Crippen molar-refractivity contribution in [3.8, 4) is 11.5 Å². The smallest absolute Gasteiger partial charge is 0.344 e. The first-order valence-corrected chi connectivity index (χ1v) is 11.3. The number of ether oxygens (including phenoxy) is 4. The molecule has 3 aromatic carbocycles. The Hall–Kier alpha value is -3.28. The summed E-state index contributed by atoms with van der Waals surface area (Å²) in [6.07, 6.45) is 5.94. The Balaban J connectivity index is 1.43. The number of carbonyl (C=O) groups is 2. The highest BCUT2D eigenvalue weighted by Gasteiger charge is 2.24. The zero-order valence-electron chi connectivity index (χ0n) is 17.9. The summed E-state index contributed by atoms with van der Waals surface area (Å²) in [4.78, 5) is 24.5. The van der Waals surface area contributed by atoms with Crippen LogP contribution >= 0.6 is 0 Å². The van der Waals surface area contributed by atoms with E-state index in [0.29, 0.717) is 11.5 Å². The van der Waals surface area contributed by atoms with Gasteiger partial charge >= 0.3 is 11.9 Å². The fraction of sp³-hybridized carbons (Fsp3) is 0.385. The van der Waals surface area contributed by atoms with Crippen LogP contribution in [0.2, 0.25) is 0 Å². The highest BCUT2D eigenvalue weighted by Crippen LogP contribution is 2.42. The number of benzene rings is 3. The fourth-order valence-electron chi connectivity index (χ4n) is 4.04. The highest BCUT2D eigenvalue weighted by atomic mass is 16.6. The van der Waals surface area contributed by atoms with Gasteiger partial charge < -0.3 is 18.9 Å². The molecule has 0 spiro atoms. The molecular weight excluding hydrogens is 408 g/mol. The van der Waals surface area contributed by atoms with E-state index in [4.69, 9.17) is 18.9 Å². The topological polar surface area (TPSA) is 71.1 Å². The van der Waals surface area contributed by atoms with Crippen LogP contribution in [0.5, 0.6) is 11.5 Å². The van der Waals surface area contributed by atoms with Crippen molar-refractivity contribution in [1.29, 1.82) is 0 Å². The summed E-state index contributed by atoms with van der Waals surface area (Å²) in [5.74, 6) is 0.487. The van der Waals surface area contributed by atoms with Crippen LogP contribution in [-0.2, 0) is 19.1 Å². The summed E-state index contributed by atoms with van der Waals surface area (Å²) in [6.45, 7) is -0.309. The maximum atomic E-state index is 12.2. The second kappa shape index (κ2) is 9.07. The second-order valence-corrected chi connectivity index (χ2v) is 8.41. The van der Waals surface area contributed by atoms with E-state index >= 15 is 0 Å². The summed E-state index contributed by atoms with van der Waals surface area (Å²) in [7, 11) is 0. The van der Waals surface area contributed by atoms with Gasteiger partial charge in [-0.05, 0) is 38.5 Å². The van der Waals surface area contributed by atoms with Gasteiger partial charge in [0.15, 0.2) is 13.2 Å². The van der Waals surface area contributed by atoms with Gasteiger partial charge in [-0.25, -0.2) is 9.59 Å². The molecule has 0 atom stereocenters. The monoisotopic (exact) mass is 434 g/mol. The first kappa shape index (κ1) is 20.6. The van der Waals surface area contributed by atoms with Gasteiger partial charge in [0.2, 0.25) is 0 Å². The highest BCUT2D eigenvalue weighted by molar-refractivity contribution is 6.11. The Morgan fingerprint density at radius 3 is 1.25 bits per heavy atom. The van der Waals surface area contributed by atoms with Crippen molar-refractivity contribution in [1.82, 2.24) is 0 Å². The maximum Gasteiger partial charge on any atom is 0.344 e. The zero-order chi connectivity index (χ0) is 21.9. The average molecular weight is 434 g/mol. The molecule has 0 aromatic heterocycles.